The van der Waals surface area contributed by atoms with Gasteiger partial charge in [-0.1, -0.05) is 27.2 Å². The van der Waals surface area contributed by atoms with Crippen LogP contribution in [0.4, 0.5) is 0 Å². The number of hydrogen-bond acceptors (Lipinski definition) is 2. The highest BCUT2D eigenvalue weighted by Crippen LogP contribution is 2.46. The van der Waals surface area contributed by atoms with Crippen molar-refractivity contribution in [2.45, 2.75) is 77.3 Å². The fourth-order valence-electron chi connectivity index (χ4n) is 3.93. The van der Waals surface area contributed by atoms with Crippen LogP contribution in [0.3, 0.4) is 0 Å². The van der Waals surface area contributed by atoms with Crippen LogP contribution in [0.1, 0.15) is 65.7 Å². The Morgan fingerprint density at radius 3 is 2.41 bits per heavy atom. The van der Waals surface area contributed by atoms with Crippen LogP contribution in [0.25, 0.3) is 0 Å². The first-order chi connectivity index (χ1) is 8.03. The van der Waals surface area contributed by atoms with Gasteiger partial charge < -0.3 is 5.73 Å². The van der Waals surface area contributed by atoms with Crippen LogP contribution < -0.4 is 5.73 Å². The number of nitrogens with zero attached hydrogens (tertiary/aromatic N) is 1. The Kier molecular flexibility index (Phi) is 3.84. The van der Waals surface area contributed by atoms with Crippen molar-refractivity contribution < 1.29 is 0 Å². The minimum atomic E-state index is 0.318. The summed E-state index contributed by atoms with van der Waals surface area (Å²) in [7, 11) is 0. The fraction of sp³-hybridized carbons (Fsp3) is 1.00. The molecule has 0 aromatic carbocycles. The molecule has 0 amide bonds. The zero-order chi connectivity index (χ0) is 12.5. The first-order valence-corrected chi connectivity index (χ1v) is 7.50. The second kappa shape index (κ2) is 4.89. The van der Waals surface area contributed by atoms with E-state index in [0.717, 1.165) is 12.6 Å². The molecule has 0 bridgehead atoms. The molecule has 2 aliphatic rings. The van der Waals surface area contributed by atoms with E-state index in [1.807, 2.05) is 0 Å². The molecule has 0 aromatic rings. The molecule has 0 saturated heterocycles. The van der Waals surface area contributed by atoms with Crippen molar-refractivity contribution in [1.29, 1.82) is 0 Å². The van der Waals surface area contributed by atoms with Gasteiger partial charge in [0, 0.05) is 18.1 Å². The zero-order valence-corrected chi connectivity index (χ0v) is 12.0. The average Bonchev–Trinajstić information content (AvgIpc) is 3.08. The Labute approximate surface area is 107 Å². The Morgan fingerprint density at radius 2 is 1.94 bits per heavy atom. The molecule has 0 radical (unpaired) electrons. The van der Waals surface area contributed by atoms with E-state index in [0.29, 0.717) is 11.0 Å². The summed E-state index contributed by atoms with van der Waals surface area (Å²) in [6.45, 7) is 9.25. The summed E-state index contributed by atoms with van der Waals surface area (Å²) in [6.07, 6.45) is 9.43. The minimum absolute atomic E-state index is 0.318. The van der Waals surface area contributed by atoms with Crippen molar-refractivity contribution in [3.05, 3.63) is 0 Å². The normalized spacial score (nSPS) is 33.0. The topological polar surface area (TPSA) is 29.3 Å². The van der Waals surface area contributed by atoms with Gasteiger partial charge in [-0.15, -0.1) is 0 Å². The summed E-state index contributed by atoms with van der Waals surface area (Å²) in [4.78, 5) is 2.79. The highest BCUT2D eigenvalue weighted by atomic mass is 15.3. The summed E-state index contributed by atoms with van der Waals surface area (Å²) >= 11 is 0. The largest absolute Gasteiger partial charge is 0.329 e. The smallest absolute Gasteiger partial charge is 0.0339 e. The predicted octanol–water partition coefficient (Wildman–Crippen LogP) is 3.16. The van der Waals surface area contributed by atoms with Crippen LogP contribution in [-0.4, -0.2) is 29.6 Å². The van der Waals surface area contributed by atoms with Gasteiger partial charge in [-0.3, -0.25) is 4.90 Å². The molecule has 2 saturated carbocycles. The van der Waals surface area contributed by atoms with E-state index in [-0.39, 0.29) is 0 Å². The molecule has 2 fully saturated rings. The van der Waals surface area contributed by atoms with Crippen molar-refractivity contribution in [2.24, 2.45) is 11.1 Å². The Morgan fingerprint density at radius 1 is 1.24 bits per heavy atom. The number of rotatable bonds is 5. The first kappa shape index (κ1) is 13.4. The van der Waals surface area contributed by atoms with Crippen molar-refractivity contribution >= 4 is 0 Å². The molecule has 0 heterocycles. The number of hydrogen-bond donors (Lipinski definition) is 1. The lowest BCUT2D eigenvalue weighted by atomic mass is 9.67. The molecular weight excluding hydrogens is 208 g/mol. The summed E-state index contributed by atoms with van der Waals surface area (Å²) in [5, 5.41) is 0. The van der Waals surface area contributed by atoms with Crippen LogP contribution in [0.5, 0.6) is 0 Å². The van der Waals surface area contributed by atoms with E-state index in [1.54, 1.807) is 0 Å². The molecular formula is C15H30N2. The van der Waals surface area contributed by atoms with Crippen molar-refractivity contribution in [2.75, 3.05) is 13.1 Å². The second-order valence-electron chi connectivity index (χ2n) is 7.05. The molecule has 0 spiro atoms. The van der Waals surface area contributed by atoms with Crippen molar-refractivity contribution in [1.82, 2.24) is 4.90 Å². The standard InChI is InChI=1S/C15H30N2/c1-4-10-17(13-6-7-13)15(12-16)9-5-8-14(2,3)11-15/h13H,4-12,16H2,1-3H3. The van der Waals surface area contributed by atoms with Gasteiger partial charge in [0.15, 0.2) is 0 Å². The van der Waals surface area contributed by atoms with Gasteiger partial charge in [0.25, 0.3) is 0 Å². The van der Waals surface area contributed by atoms with Crippen molar-refractivity contribution in [3.8, 4) is 0 Å². The van der Waals surface area contributed by atoms with E-state index >= 15 is 0 Å². The quantitative estimate of drug-likeness (QED) is 0.797. The Balaban J connectivity index is 2.15. The highest BCUT2D eigenvalue weighted by molar-refractivity contribution is 5.03. The van der Waals surface area contributed by atoms with E-state index in [4.69, 9.17) is 5.73 Å². The van der Waals surface area contributed by atoms with Crippen LogP contribution in [0.15, 0.2) is 0 Å². The molecule has 0 aromatic heterocycles. The van der Waals surface area contributed by atoms with Gasteiger partial charge in [-0.2, -0.15) is 0 Å². The minimum Gasteiger partial charge on any atom is -0.329 e. The lowest BCUT2D eigenvalue weighted by Crippen LogP contribution is -2.58. The third-order valence-electron chi connectivity index (χ3n) is 4.74. The summed E-state index contributed by atoms with van der Waals surface area (Å²) in [5.41, 5.74) is 7.02. The predicted molar refractivity (Wildman–Crippen MR) is 74.1 cm³/mol. The summed E-state index contributed by atoms with van der Waals surface area (Å²) in [5.74, 6) is 0. The summed E-state index contributed by atoms with van der Waals surface area (Å²) < 4.78 is 0. The fourth-order valence-corrected chi connectivity index (χ4v) is 3.93. The van der Waals surface area contributed by atoms with Crippen LogP contribution in [0.2, 0.25) is 0 Å². The molecule has 2 aliphatic carbocycles. The molecule has 2 N–H and O–H groups in total. The first-order valence-electron chi connectivity index (χ1n) is 7.50. The van der Waals surface area contributed by atoms with Gasteiger partial charge in [-0.05, 0) is 50.5 Å². The maximum absolute atomic E-state index is 6.21. The van der Waals surface area contributed by atoms with E-state index in [1.165, 1.54) is 51.5 Å². The monoisotopic (exact) mass is 238 g/mol. The van der Waals surface area contributed by atoms with Crippen LogP contribution >= 0.6 is 0 Å². The molecule has 1 unspecified atom stereocenters. The maximum atomic E-state index is 6.21. The molecule has 1 atom stereocenters. The molecule has 17 heavy (non-hydrogen) atoms. The Hall–Kier alpha value is -0.0800. The molecule has 2 nitrogen and oxygen atoms in total. The molecule has 0 aliphatic heterocycles. The van der Waals surface area contributed by atoms with Crippen molar-refractivity contribution in [3.63, 3.8) is 0 Å². The average molecular weight is 238 g/mol. The lowest BCUT2D eigenvalue weighted by molar-refractivity contribution is 0.00379. The zero-order valence-electron chi connectivity index (χ0n) is 12.0. The molecule has 2 rings (SSSR count). The third-order valence-corrected chi connectivity index (χ3v) is 4.74. The van der Waals surface area contributed by atoms with E-state index < -0.39 is 0 Å². The summed E-state index contributed by atoms with van der Waals surface area (Å²) in [6, 6.07) is 0.854. The Bertz CT molecular complexity index is 258. The van der Waals surface area contributed by atoms with Gasteiger partial charge in [-0.25, -0.2) is 0 Å². The SMILES string of the molecule is CCCN(C1CC1)C1(CN)CCCC(C)(C)C1. The van der Waals surface area contributed by atoms with Gasteiger partial charge >= 0.3 is 0 Å². The van der Waals surface area contributed by atoms with E-state index in [9.17, 15) is 0 Å². The highest BCUT2D eigenvalue weighted by Gasteiger charge is 2.47. The number of nitrogens with two attached hydrogens (primary N) is 1. The molecule has 100 valence electrons. The maximum Gasteiger partial charge on any atom is 0.0339 e. The van der Waals surface area contributed by atoms with Gasteiger partial charge in [0.2, 0.25) is 0 Å². The van der Waals surface area contributed by atoms with E-state index in [2.05, 4.69) is 25.7 Å². The second-order valence-corrected chi connectivity index (χ2v) is 7.05. The van der Waals surface area contributed by atoms with Gasteiger partial charge in [0.05, 0.1) is 0 Å². The van der Waals surface area contributed by atoms with Crippen LogP contribution in [-0.2, 0) is 0 Å². The lowest BCUT2D eigenvalue weighted by Gasteiger charge is -2.51. The molecule has 2 heteroatoms. The van der Waals surface area contributed by atoms with Gasteiger partial charge in [0.1, 0.15) is 0 Å². The van der Waals surface area contributed by atoms with Crippen LogP contribution in [0, 0.1) is 5.41 Å². The third kappa shape index (κ3) is 2.85.